The number of rotatable bonds is 6. The predicted molar refractivity (Wildman–Crippen MR) is 74.8 cm³/mol. The maximum Gasteiger partial charge on any atom is 0.242 e. The van der Waals surface area contributed by atoms with E-state index in [1.807, 2.05) is 13.8 Å². The average Bonchev–Trinajstić information content (AvgIpc) is 2.36. The number of nitrogens with two attached hydrogens (primary N) is 1. The van der Waals surface area contributed by atoms with E-state index in [0.717, 1.165) is 6.42 Å². The minimum atomic E-state index is -3.50. The first kappa shape index (κ1) is 15.0. The zero-order chi connectivity index (χ0) is 13.8. The number of pyridine rings is 1. The number of hydrogen-bond acceptors (Lipinski definition) is 4. The molecule has 0 saturated heterocycles. The summed E-state index contributed by atoms with van der Waals surface area (Å²) in [5.74, 6) is 0.295. The Morgan fingerprint density at radius 2 is 2.22 bits per heavy atom. The van der Waals surface area contributed by atoms with Crippen molar-refractivity contribution in [2.24, 2.45) is 11.7 Å². The number of aromatic nitrogens is 1. The summed E-state index contributed by atoms with van der Waals surface area (Å²) in [6.07, 6.45) is 2.18. The summed E-state index contributed by atoms with van der Waals surface area (Å²) in [5, 5.41) is 0. The Balaban J connectivity index is 2.82. The van der Waals surface area contributed by atoms with Crippen LogP contribution in [-0.2, 0) is 10.0 Å². The van der Waals surface area contributed by atoms with Crippen molar-refractivity contribution in [2.45, 2.75) is 25.2 Å². The van der Waals surface area contributed by atoms with Crippen LogP contribution in [-0.4, -0.2) is 24.9 Å². The van der Waals surface area contributed by atoms with Crippen LogP contribution in [0.1, 0.15) is 26.0 Å². The van der Waals surface area contributed by atoms with E-state index >= 15 is 0 Å². The Hall–Kier alpha value is -1.05. The van der Waals surface area contributed by atoms with Crippen LogP contribution >= 0.6 is 12.2 Å². The number of thiocarbonyl (C=S) groups is 1. The van der Waals surface area contributed by atoms with Gasteiger partial charge in [0, 0.05) is 12.7 Å². The summed E-state index contributed by atoms with van der Waals surface area (Å²) in [5.41, 5.74) is 5.80. The SMILES string of the molecule is CCC(C)CNS(=O)(=O)c1ccc(C(N)=S)nc1. The van der Waals surface area contributed by atoms with Gasteiger partial charge in [-0.2, -0.15) is 0 Å². The van der Waals surface area contributed by atoms with Gasteiger partial charge in [-0.1, -0.05) is 32.5 Å². The third-order valence-corrected chi connectivity index (χ3v) is 4.24. The van der Waals surface area contributed by atoms with Gasteiger partial charge in [0.15, 0.2) is 0 Å². The molecule has 3 N–H and O–H groups in total. The lowest BCUT2D eigenvalue weighted by Gasteiger charge is -2.10. The molecular formula is C11H17N3O2S2. The molecule has 1 aromatic heterocycles. The Kier molecular flexibility index (Phi) is 5.18. The number of hydrogen-bond donors (Lipinski definition) is 2. The van der Waals surface area contributed by atoms with Gasteiger partial charge in [0.25, 0.3) is 0 Å². The Labute approximate surface area is 113 Å². The maximum absolute atomic E-state index is 11.9. The van der Waals surface area contributed by atoms with E-state index in [9.17, 15) is 8.42 Å². The number of sulfonamides is 1. The highest BCUT2D eigenvalue weighted by Gasteiger charge is 2.15. The molecule has 1 unspecified atom stereocenters. The molecule has 100 valence electrons. The van der Waals surface area contributed by atoms with Gasteiger partial charge in [0.05, 0.1) is 5.69 Å². The van der Waals surface area contributed by atoms with Crippen molar-refractivity contribution in [3.8, 4) is 0 Å². The van der Waals surface area contributed by atoms with Gasteiger partial charge in [0.1, 0.15) is 9.88 Å². The lowest BCUT2D eigenvalue weighted by molar-refractivity contribution is 0.528. The quantitative estimate of drug-likeness (QED) is 0.764. The van der Waals surface area contributed by atoms with Crippen molar-refractivity contribution in [2.75, 3.05) is 6.54 Å². The van der Waals surface area contributed by atoms with Gasteiger partial charge in [0.2, 0.25) is 10.0 Å². The molecule has 1 atom stereocenters. The smallest absolute Gasteiger partial charge is 0.242 e. The number of nitrogens with zero attached hydrogens (tertiary/aromatic N) is 1. The standard InChI is InChI=1S/C11H17N3O2S2/c1-3-8(2)6-14-18(15,16)9-4-5-10(11(12)17)13-7-9/h4-5,7-8,14H,3,6H2,1-2H3,(H2,12,17). The van der Waals surface area contributed by atoms with Gasteiger partial charge < -0.3 is 5.73 Å². The average molecular weight is 287 g/mol. The summed E-state index contributed by atoms with van der Waals surface area (Å²) in [4.78, 5) is 4.17. The molecule has 0 radical (unpaired) electrons. The van der Waals surface area contributed by atoms with Gasteiger partial charge in [-0.05, 0) is 18.1 Å². The number of nitrogens with one attached hydrogen (secondary N) is 1. The maximum atomic E-state index is 11.9. The molecule has 0 amide bonds. The second-order valence-corrected chi connectivity index (χ2v) is 6.32. The summed E-state index contributed by atoms with van der Waals surface area (Å²) >= 11 is 4.75. The van der Waals surface area contributed by atoms with Crippen LogP contribution in [0, 0.1) is 5.92 Å². The molecule has 0 aromatic carbocycles. The lowest BCUT2D eigenvalue weighted by Crippen LogP contribution is -2.28. The summed E-state index contributed by atoms with van der Waals surface area (Å²) < 4.78 is 26.4. The Bertz CT molecular complexity index is 512. The van der Waals surface area contributed by atoms with Gasteiger partial charge in [-0.3, -0.25) is 4.98 Å². The lowest BCUT2D eigenvalue weighted by atomic mass is 10.1. The first-order chi connectivity index (χ1) is 8.36. The van der Waals surface area contributed by atoms with Crippen LogP contribution in [0.5, 0.6) is 0 Å². The van der Waals surface area contributed by atoms with Crippen molar-refractivity contribution in [1.29, 1.82) is 0 Å². The van der Waals surface area contributed by atoms with Crippen molar-refractivity contribution >= 4 is 27.2 Å². The molecule has 1 rings (SSSR count). The fraction of sp³-hybridized carbons (Fsp3) is 0.455. The molecule has 0 bridgehead atoms. The topological polar surface area (TPSA) is 85.1 Å². The van der Waals surface area contributed by atoms with E-state index < -0.39 is 10.0 Å². The molecule has 18 heavy (non-hydrogen) atoms. The fourth-order valence-electron chi connectivity index (χ4n) is 1.16. The molecule has 7 heteroatoms. The summed E-state index contributed by atoms with van der Waals surface area (Å²) in [6, 6.07) is 2.95. The van der Waals surface area contributed by atoms with Crippen molar-refractivity contribution in [1.82, 2.24) is 9.71 Å². The zero-order valence-corrected chi connectivity index (χ0v) is 12.0. The second kappa shape index (κ2) is 6.21. The van der Waals surface area contributed by atoms with E-state index in [1.165, 1.54) is 18.3 Å². The van der Waals surface area contributed by atoms with Crippen LogP contribution in [0.3, 0.4) is 0 Å². The second-order valence-electron chi connectivity index (χ2n) is 4.11. The molecule has 1 heterocycles. The van der Waals surface area contributed by atoms with Crippen LogP contribution < -0.4 is 10.5 Å². The van der Waals surface area contributed by atoms with Crippen molar-refractivity contribution in [3.05, 3.63) is 24.0 Å². The van der Waals surface area contributed by atoms with Gasteiger partial charge >= 0.3 is 0 Å². The van der Waals surface area contributed by atoms with Crippen LogP contribution in [0.2, 0.25) is 0 Å². The van der Waals surface area contributed by atoms with Crippen molar-refractivity contribution in [3.63, 3.8) is 0 Å². The van der Waals surface area contributed by atoms with E-state index in [2.05, 4.69) is 9.71 Å². The summed E-state index contributed by atoms with van der Waals surface area (Å²) in [7, 11) is -3.50. The molecular weight excluding hydrogens is 270 g/mol. The van der Waals surface area contributed by atoms with Gasteiger partial charge in [-0.25, -0.2) is 13.1 Å². The van der Waals surface area contributed by atoms with Crippen LogP contribution in [0.4, 0.5) is 0 Å². The van der Waals surface area contributed by atoms with Gasteiger partial charge in [-0.15, -0.1) is 0 Å². The predicted octanol–water partition coefficient (Wildman–Crippen LogP) is 1.04. The highest BCUT2D eigenvalue weighted by molar-refractivity contribution is 7.89. The first-order valence-electron chi connectivity index (χ1n) is 5.62. The third kappa shape index (κ3) is 4.01. The van der Waals surface area contributed by atoms with E-state index in [1.54, 1.807) is 0 Å². The molecule has 0 fully saturated rings. The third-order valence-electron chi connectivity index (χ3n) is 2.62. The van der Waals surface area contributed by atoms with E-state index in [4.69, 9.17) is 18.0 Å². The Morgan fingerprint density at radius 3 is 2.67 bits per heavy atom. The highest BCUT2D eigenvalue weighted by atomic mass is 32.2. The van der Waals surface area contributed by atoms with Crippen LogP contribution in [0.25, 0.3) is 0 Å². The minimum Gasteiger partial charge on any atom is -0.388 e. The van der Waals surface area contributed by atoms with E-state index in [0.29, 0.717) is 18.2 Å². The fourth-order valence-corrected chi connectivity index (χ4v) is 2.39. The van der Waals surface area contributed by atoms with Crippen LogP contribution in [0.15, 0.2) is 23.2 Å². The normalized spacial score (nSPS) is 13.2. The largest absolute Gasteiger partial charge is 0.388 e. The Morgan fingerprint density at radius 1 is 1.56 bits per heavy atom. The molecule has 1 aromatic rings. The molecule has 0 saturated carbocycles. The molecule has 0 aliphatic heterocycles. The summed E-state index contributed by atoms with van der Waals surface area (Å²) in [6.45, 7) is 4.41. The minimum absolute atomic E-state index is 0.116. The van der Waals surface area contributed by atoms with E-state index in [-0.39, 0.29) is 9.88 Å². The monoisotopic (exact) mass is 287 g/mol. The molecule has 0 aliphatic rings. The molecule has 5 nitrogen and oxygen atoms in total. The molecule has 0 spiro atoms. The zero-order valence-electron chi connectivity index (χ0n) is 10.4. The molecule has 0 aliphatic carbocycles. The van der Waals surface area contributed by atoms with Crippen molar-refractivity contribution < 1.29 is 8.42 Å². The highest BCUT2D eigenvalue weighted by Crippen LogP contribution is 2.09. The first-order valence-corrected chi connectivity index (χ1v) is 7.51.